The maximum Gasteiger partial charge on any atom is 0.338 e. The molecule has 2 aliphatic rings. The maximum absolute atomic E-state index is 13.4. The highest BCUT2D eigenvalue weighted by Gasteiger charge is 2.37. The minimum absolute atomic E-state index is 0.0160. The van der Waals surface area contributed by atoms with Crippen LogP contribution in [-0.4, -0.2) is 33.1 Å². The summed E-state index contributed by atoms with van der Waals surface area (Å²) in [5, 5.41) is 0. The second-order valence-electron chi connectivity index (χ2n) is 8.42. The molecule has 3 aromatic carbocycles. The molecule has 5 rings (SSSR count). The third-order valence-corrected chi connectivity index (χ3v) is 5.85. The van der Waals surface area contributed by atoms with Gasteiger partial charge in [-0.3, -0.25) is 0 Å². The van der Waals surface area contributed by atoms with Crippen LogP contribution in [0.4, 0.5) is 0 Å². The van der Waals surface area contributed by atoms with Crippen molar-refractivity contribution in [3.8, 4) is 28.7 Å². The molecule has 2 heterocycles. The molecule has 0 aromatic heterocycles. The van der Waals surface area contributed by atoms with Crippen molar-refractivity contribution in [2.24, 2.45) is 0 Å². The van der Waals surface area contributed by atoms with Crippen LogP contribution in [0.5, 0.6) is 28.7 Å². The predicted molar refractivity (Wildman–Crippen MR) is 129 cm³/mol. The van der Waals surface area contributed by atoms with E-state index in [0.29, 0.717) is 45.5 Å². The molecule has 2 aliphatic heterocycles. The molecule has 1 atom stereocenters. The molecule has 0 saturated carbocycles. The summed E-state index contributed by atoms with van der Waals surface area (Å²) >= 11 is 0. The SMILES string of the molecule is COC(=O)C1=C(c2ccccc2OC)c2cc(OC(C)C)ccc2OC1c1ccc2c(c1)OCO2. The Labute approximate surface area is 203 Å². The smallest absolute Gasteiger partial charge is 0.338 e. The lowest BCUT2D eigenvalue weighted by Gasteiger charge is -2.31. The van der Waals surface area contributed by atoms with Crippen molar-refractivity contribution < 1.29 is 33.2 Å². The van der Waals surface area contributed by atoms with Gasteiger partial charge in [0, 0.05) is 22.3 Å². The van der Waals surface area contributed by atoms with Crippen LogP contribution in [0.25, 0.3) is 5.57 Å². The highest BCUT2D eigenvalue weighted by Crippen LogP contribution is 2.49. The van der Waals surface area contributed by atoms with Crippen LogP contribution in [0.15, 0.2) is 66.2 Å². The van der Waals surface area contributed by atoms with Crippen LogP contribution in [0.1, 0.15) is 36.6 Å². The Balaban J connectivity index is 1.78. The van der Waals surface area contributed by atoms with Crippen LogP contribution < -0.4 is 23.7 Å². The minimum atomic E-state index is -0.749. The van der Waals surface area contributed by atoms with Gasteiger partial charge in [-0.15, -0.1) is 0 Å². The predicted octanol–water partition coefficient (Wildman–Crippen LogP) is 5.32. The average Bonchev–Trinajstić information content (AvgIpc) is 3.35. The minimum Gasteiger partial charge on any atom is -0.496 e. The third kappa shape index (κ3) is 4.14. The summed E-state index contributed by atoms with van der Waals surface area (Å²) in [5.41, 5.74) is 3.20. The number of carbonyl (C=O) groups excluding carboxylic acids is 1. The summed E-state index contributed by atoms with van der Waals surface area (Å²) in [7, 11) is 2.96. The van der Waals surface area contributed by atoms with Gasteiger partial charge < -0.3 is 28.4 Å². The summed E-state index contributed by atoms with van der Waals surface area (Å²) in [6.07, 6.45) is -0.765. The first kappa shape index (κ1) is 22.7. The molecule has 0 amide bonds. The van der Waals surface area contributed by atoms with Gasteiger partial charge in [-0.2, -0.15) is 0 Å². The molecule has 0 spiro atoms. The zero-order chi connectivity index (χ0) is 24.5. The molecule has 0 aliphatic carbocycles. The van der Waals surface area contributed by atoms with Gasteiger partial charge in [0.25, 0.3) is 0 Å². The fraction of sp³-hybridized carbons (Fsp3) is 0.250. The number of fused-ring (bicyclic) bond motifs is 2. The van der Waals surface area contributed by atoms with Crippen LogP contribution in [-0.2, 0) is 9.53 Å². The lowest BCUT2D eigenvalue weighted by atomic mass is 9.85. The Hall–Kier alpha value is -4.13. The zero-order valence-corrected chi connectivity index (χ0v) is 20.0. The van der Waals surface area contributed by atoms with E-state index in [9.17, 15) is 4.79 Å². The summed E-state index contributed by atoms with van der Waals surface area (Å²) in [5.74, 6) is 2.64. The number of esters is 1. The van der Waals surface area contributed by atoms with E-state index in [0.717, 1.165) is 11.1 Å². The fourth-order valence-corrected chi connectivity index (χ4v) is 4.39. The molecule has 0 fully saturated rings. The molecule has 7 heteroatoms. The molecule has 35 heavy (non-hydrogen) atoms. The number of hydrogen-bond acceptors (Lipinski definition) is 7. The number of para-hydroxylation sites is 1. The van der Waals surface area contributed by atoms with E-state index in [1.54, 1.807) is 7.11 Å². The first-order chi connectivity index (χ1) is 17.0. The Morgan fingerprint density at radius 2 is 1.69 bits per heavy atom. The molecule has 0 bridgehead atoms. The Bertz CT molecular complexity index is 1310. The number of methoxy groups -OCH3 is 2. The standard InChI is InChI=1S/C28H26O7/c1-16(2)34-18-10-12-22-20(14-18)25(19-7-5-6-8-21(19)30-3)26(28(29)31-4)27(35-22)17-9-11-23-24(13-17)33-15-32-23/h5-14,16,27H,15H2,1-4H3. The van der Waals surface area contributed by atoms with Gasteiger partial charge in [0.15, 0.2) is 17.6 Å². The lowest BCUT2D eigenvalue weighted by molar-refractivity contribution is -0.137. The van der Waals surface area contributed by atoms with Gasteiger partial charge >= 0.3 is 5.97 Å². The van der Waals surface area contributed by atoms with E-state index in [1.807, 2.05) is 74.5 Å². The van der Waals surface area contributed by atoms with Gasteiger partial charge in [-0.25, -0.2) is 4.79 Å². The molecular weight excluding hydrogens is 448 g/mol. The topological polar surface area (TPSA) is 72.5 Å². The largest absolute Gasteiger partial charge is 0.496 e. The van der Waals surface area contributed by atoms with Crippen LogP contribution in [0, 0.1) is 0 Å². The summed E-state index contributed by atoms with van der Waals surface area (Å²) in [6, 6.07) is 18.7. The van der Waals surface area contributed by atoms with Crippen LogP contribution in [0.2, 0.25) is 0 Å². The van der Waals surface area contributed by atoms with E-state index in [4.69, 9.17) is 28.4 Å². The van der Waals surface area contributed by atoms with Gasteiger partial charge in [0.05, 0.1) is 25.9 Å². The Kier molecular flexibility index (Phi) is 5.99. The second-order valence-corrected chi connectivity index (χ2v) is 8.42. The van der Waals surface area contributed by atoms with Gasteiger partial charge in [0.2, 0.25) is 6.79 Å². The molecule has 0 radical (unpaired) electrons. The van der Waals surface area contributed by atoms with Crippen molar-refractivity contribution in [1.82, 2.24) is 0 Å². The van der Waals surface area contributed by atoms with E-state index in [2.05, 4.69) is 0 Å². The molecule has 1 unspecified atom stereocenters. The molecular formula is C28H26O7. The monoisotopic (exact) mass is 474 g/mol. The Morgan fingerprint density at radius 1 is 0.914 bits per heavy atom. The van der Waals surface area contributed by atoms with E-state index >= 15 is 0 Å². The van der Waals surface area contributed by atoms with Gasteiger partial charge in [0.1, 0.15) is 17.2 Å². The van der Waals surface area contributed by atoms with E-state index < -0.39 is 12.1 Å². The summed E-state index contributed by atoms with van der Waals surface area (Å²) in [6.45, 7) is 4.07. The van der Waals surface area contributed by atoms with Crippen LogP contribution >= 0.6 is 0 Å². The Morgan fingerprint density at radius 3 is 2.46 bits per heavy atom. The first-order valence-electron chi connectivity index (χ1n) is 11.3. The number of ether oxygens (including phenoxy) is 6. The van der Waals surface area contributed by atoms with Crippen molar-refractivity contribution in [3.05, 3.63) is 82.9 Å². The first-order valence-corrected chi connectivity index (χ1v) is 11.3. The highest BCUT2D eigenvalue weighted by molar-refractivity contribution is 6.05. The molecule has 180 valence electrons. The van der Waals surface area contributed by atoms with Crippen molar-refractivity contribution in [1.29, 1.82) is 0 Å². The number of rotatable bonds is 6. The van der Waals surface area contributed by atoms with Crippen molar-refractivity contribution in [2.45, 2.75) is 26.1 Å². The fourth-order valence-electron chi connectivity index (χ4n) is 4.39. The van der Waals surface area contributed by atoms with Crippen molar-refractivity contribution in [3.63, 3.8) is 0 Å². The summed E-state index contributed by atoms with van der Waals surface area (Å²) < 4.78 is 34.4. The zero-order valence-electron chi connectivity index (χ0n) is 20.0. The van der Waals surface area contributed by atoms with Gasteiger partial charge in [-0.05, 0) is 50.2 Å². The highest BCUT2D eigenvalue weighted by atomic mass is 16.7. The average molecular weight is 475 g/mol. The summed E-state index contributed by atoms with van der Waals surface area (Å²) in [4.78, 5) is 13.4. The second kappa shape index (κ2) is 9.25. The van der Waals surface area contributed by atoms with Gasteiger partial charge in [-0.1, -0.05) is 24.3 Å². The van der Waals surface area contributed by atoms with E-state index in [1.165, 1.54) is 7.11 Å². The number of carbonyl (C=O) groups is 1. The normalized spacial score (nSPS) is 16.0. The third-order valence-electron chi connectivity index (χ3n) is 5.85. The molecule has 7 nitrogen and oxygen atoms in total. The van der Waals surface area contributed by atoms with Crippen LogP contribution in [0.3, 0.4) is 0 Å². The van der Waals surface area contributed by atoms with E-state index in [-0.39, 0.29) is 12.9 Å². The van der Waals surface area contributed by atoms with Crippen molar-refractivity contribution in [2.75, 3.05) is 21.0 Å². The van der Waals surface area contributed by atoms with Crippen molar-refractivity contribution >= 4 is 11.5 Å². The number of hydrogen-bond donors (Lipinski definition) is 0. The molecule has 3 aromatic rings. The molecule has 0 N–H and O–H groups in total. The molecule has 0 saturated heterocycles. The number of benzene rings is 3. The lowest BCUT2D eigenvalue weighted by Crippen LogP contribution is -2.24. The quantitative estimate of drug-likeness (QED) is 0.448. The maximum atomic E-state index is 13.4.